The van der Waals surface area contributed by atoms with E-state index in [4.69, 9.17) is 4.74 Å². The van der Waals surface area contributed by atoms with Crippen molar-refractivity contribution < 1.29 is 4.74 Å². The molecule has 0 saturated heterocycles. The minimum absolute atomic E-state index is 0.383. The molecule has 88 valence electrons. The Kier molecular flexibility index (Phi) is 4.24. The predicted molar refractivity (Wildman–Crippen MR) is 69.8 cm³/mol. The van der Waals surface area contributed by atoms with Crippen molar-refractivity contribution in [3.63, 3.8) is 0 Å². The van der Waals surface area contributed by atoms with Gasteiger partial charge in [0.05, 0.1) is 0 Å². The molecule has 1 aliphatic rings. The lowest BCUT2D eigenvalue weighted by molar-refractivity contribution is 0.168. The summed E-state index contributed by atoms with van der Waals surface area (Å²) in [6.07, 6.45) is 4.13. The highest BCUT2D eigenvalue weighted by atomic mass is 79.9. The van der Waals surface area contributed by atoms with E-state index in [-0.39, 0.29) is 0 Å². The zero-order valence-electron chi connectivity index (χ0n) is 9.58. The van der Waals surface area contributed by atoms with E-state index in [1.807, 2.05) is 31.3 Å². The molecule has 0 heterocycles. The summed E-state index contributed by atoms with van der Waals surface area (Å²) in [7, 11) is 1.99. The Labute approximate surface area is 106 Å². The number of nitrogens with one attached hydrogen (secondary N) is 1. The number of halogens is 1. The molecule has 1 atom stereocenters. The molecule has 2 rings (SSSR count). The molecule has 2 nitrogen and oxygen atoms in total. The predicted octanol–water partition coefficient (Wildman–Crippen LogP) is 3.22. The lowest BCUT2D eigenvalue weighted by atomic mass is 10.1. The lowest BCUT2D eigenvalue weighted by Gasteiger charge is -2.18. The van der Waals surface area contributed by atoms with Crippen LogP contribution in [0, 0.1) is 5.92 Å². The highest BCUT2D eigenvalue weighted by Crippen LogP contribution is 2.36. The van der Waals surface area contributed by atoms with Crippen LogP contribution in [0.5, 0.6) is 5.75 Å². The topological polar surface area (TPSA) is 21.3 Å². The van der Waals surface area contributed by atoms with Crippen LogP contribution in [0.25, 0.3) is 0 Å². The smallest absolute Gasteiger partial charge is 0.119 e. The summed E-state index contributed by atoms with van der Waals surface area (Å²) in [6, 6.07) is 8.10. The lowest BCUT2D eigenvalue weighted by Crippen LogP contribution is -2.24. The Morgan fingerprint density at radius 2 is 2.06 bits per heavy atom. The molecule has 1 N–H and O–H groups in total. The maximum Gasteiger partial charge on any atom is 0.119 e. The van der Waals surface area contributed by atoms with Crippen molar-refractivity contribution in [3.8, 4) is 5.75 Å². The quantitative estimate of drug-likeness (QED) is 0.866. The molecule has 3 heteroatoms. The molecule has 0 bridgehead atoms. The Morgan fingerprint density at radius 1 is 1.38 bits per heavy atom. The molecule has 1 saturated carbocycles. The van der Waals surface area contributed by atoms with Crippen molar-refractivity contribution in [3.05, 3.63) is 28.7 Å². The molecule has 16 heavy (non-hydrogen) atoms. The molecular weight excluding hydrogens is 266 g/mol. The van der Waals surface area contributed by atoms with E-state index >= 15 is 0 Å². The van der Waals surface area contributed by atoms with Crippen LogP contribution in [0.4, 0.5) is 0 Å². The van der Waals surface area contributed by atoms with E-state index in [1.165, 1.54) is 12.8 Å². The van der Waals surface area contributed by atoms with Gasteiger partial charge in [0.25, 0.3) is 0 Å². The van der Waals surface area contributed by atoms with Gasteiger partial charge in [-0.25, -0.2) is 0 Å². The van der Waals surface area contributed by atoms with Gasteiger partial charge >= 0.3 is 0 Å². The van der Waals surface area contributed by atoms with Gasteiger partial charge in [-0.1, -0.05) is 15.9 Å². The van der Waals surface area contributed by atoms with Crippen molar-refractivity contribution >= 4 is 15.9 Å². The Balaban J connectivity index is 1.91. The number of hydrogen-bond acceptors (Lipinski definition) is 2. The highest BCUT2D eigenvalue weighted by molar-refractivity contribution is 9.10. The summed E-state index contributed by atoms with van der Waals surface area (Å²) in [5, 5.41) is 3.19. The monoisotopic (exact) mass is 283 g/mol. The maximum atomic E-state index is 6.03. The van der Waals surface area contributed by atoms with Crippen LogP contribution in [0.1, 0.15) is 19.3 Å². The highest BCUT2D eigenvalue weighted by Gasteiger charge is 2.32. The third-order valence-corrected chi connectivity index (χ3v) is 3.46. The molecule has 0 spiro atoms. The van der Waals surface area contributed by atoms with Crippen LogP contribution in [-0.2, 0) is 0 Å². The third kappa shape index (κ3) is 3.49. The van der Waals surface area contributed by atoms with E-state index in [2.05, 4.69) is 21.2 Å². The van der Waals surface area contributed by atoms with Crippen molar-refractivity contribution in [1.82, 2.24) is 5.32 Å². The van der Waals surface area contributed by atoms with Gasteiger partial charge in [-0.2, -0.15) is 0 Å². The second kappa shape index (κ2) is 5.69. The van der Waals surface area contributed by atoms with Gasteiger partial charge in [0.15, 0.2) is 0 Å². The number of ether oxygens (including phenoxy) is 1. The second-order valence-corrected chi connectivity index (χ2v) is 5.26. The summed E-state index contributed by atoms with van der Waals surface area (Å²) >= 11 is 3.43. The van der Waals surface area contributed by atoms with Gasteiger partial charge in [-0.3, -0.25) is 0 Å². The standard InChI is InChI=1S/C13H18BrNO/c1-15-9-8-13(10-2-3-10)16-12-6-4-11(14)5-7-12/h4-7,10,13,15H,2-3,8-9H2,1H3. The zero-order chi connectivity index (χ0) is 11.4. The fourth-order valence-corrected chi connectivity index (χ4v) is 2.10. The minimum atomic E-state index is 0.383. The summed E-state index contributed by atoms with van der Waals surface area (Å²) in [5.74, 6) is 1.76. The maximum absolute atomic E-state index is 6.03. The molecule has 1 aromatic carbocycles. The first-order valence-electron chi connectivity index (χ1n) is 5.86. The summed E-state index contributed by atoms with van der Waals surface area (Å²) in [6.45, 7) is 1.03. The summed E-state index contributed by atoms with van der Waals surface area (Å²) in [4.78, 5) is 0. The van der Waals surface area contributed by atoms with Gasteiger partial charge in [0.2, 0.25) is 0 Å². The number of rotatable bonds is 6. The van der Waals surface area contributed by atoms with Gasteiger partial charge in [-0.15, -0.1) is 0 Å². The second-order valence-electron chi connectivity index (χ2n) is 4.34. The summed E-state index contributed by atoms with van der Waals surface area (Å²) in [5.41, 5.74) is 0. The largest absolute Gasteiger partial charge is 0.490 e. The van der Waals surface area contributed by atoms with Crippen LogP contribution in [-0.4, -0.2) is 19.7 Å². The molecule has 1 fully saturated rings. The van der Waals surface area contributed by atoms with Crippen molar-refractivity contribution in [2.24, 2.45) is 5.92 Å². The minimum Gasteiger partial charge on any atom is -0.490 e. The SMILES string of the molecule is CNCCC(Oc1ccc(Br)cc1)C1CC1. The van der Waals surface area contributed by atoms with E-state index in [0.717, 1.165) is 29.1 Å². The number of benzene rings is 1. The van der Waals surface area contributed by atoms with E-state index in [1.54, 1.807) is 0 Å². The van der Waals surface area contributed by atoms with Crippen LogP contribution < -0.4 is 10.1 Å². The molecule has 1 unspecified atom stereocenters. The molecule has 1 aromatic rings. The van der Waals surface area contributed by atoms with Gasteiger partial charge in [0.1, 0.15) is 11.9 Å². The molecule has 0 radical (unpaired) electrons. The fraction of sp³-hybridized carbons (Fsp3) is 0.538. The van der Waals surface area contributed by atoms with Crippen LogP contribution in [0.2, 0.25) is 0 Å². The first-order chi connectivity index (χ1) is 7.79. The fourth-order valence-electron chi connectivity index (χ4n) is 1.83. The van der Waals surface area contributed by atoms with E-state index in [0.29, 0.717) is 6.10 Å². The van der Waals surface area contributed by atoms with Crippen LogP contribution in [0.15, 0.2) is 28.7 Å². The summed E-state index contributed by atoms with van der Waals surface area (Å²) < 4.78 is 7.13. The Bertz CT molecular complexity index is 321. The first-order valence-corrected chi connectivity index (χ1v) is 6.65. The van der Waals surface area contributed by atoms with Crippen LogP contribution in [0.3, 0.4) is 0 Å². The van der Waals surface area contributed by atoms with E-state index in [9.17, 15) is 0 Å². The average Bonchev–Trinajstić information content (AvgIpc) is 3.11. The Hall–Kier alpha value is -0.540. The molecular formula is C13H18BrNO. The number of hydrogen-bond donors (Lipinski definition) is 1. The van der Waals surface area contributed by atoms with Gasteiger partial charge in [0, 0.05) is 4.47 Å². The molecule has 0 aromatic heterocycles. The molecule has 1 aliphatic carbocycles. The molecule has 0 aliphatic heterocycles. The zero-order valence-corrected chi connectivity index (χ0v) is 11.2. The van der Waals surface area contributed by atoms with Crippen molar-refractivity contribution in [1.29, 1.82) is 0 Å². The van der Waals surface area contributed by atoms with Crippen molar-refractivity contribution in [2.45, 2.75) is 25.4 Å². The van der Waals surface area contributed by atoms with Gasteiger partial charge < -0.3 is 10.1 Å². The van der Waals surface area contributed by atoms with E-state index < -0.39 is 0 Å². The molecule has 0 amide bonds. The normalized spacial score (nSPS) is 17.1. The van der Waals surface area contributed by atoms with Crippen molar-refractivity contribution in [2.75, 3.05) is 13.6 Å². The first kappa shape index (κ1) is 11.9. The van der Waals surface area contributed by atoms with Gasteiger partial charge in [-0.05, 0) is 63.0 Å². The van der Waals surface area contributed by atoms with Crippen LogP contribution >= 0.6 is 15.9 Å². The average molecular weight is 284 g/mol. The Morgan fingerprint density at radius 3 is 2.62 bits per heavy atom. The third-order valence-electron chi connectivity index (χ3n) is 2.93.